The Hall–Kier alpha value is -3.37. The Labute approximate surface area is 171 Å². The fraction of sp³-hybridized carbons (Fsp3) is 0.160. The van der Waals surface area contributed by atoms with Crippen LogP contribution in [0.3, 0.4) is 0 Å². The number of anilines is 1. The van der Waals surface area contributed by atoms with Gasteiger partial charge in [-0.1, -0.05) is 66.7 Å². The van der Waals surface area contributed by atoms with Gasteiger partial charge in [0.25, 0.3) is 0 Å². The summed E-state index contributed by atoms with van der Waals surface area (Å²) < 4.78 is 1.99. The number of benzene rings is 3. The number of imidazole rings is 1. The topological polar surface area (TPSA) is 41.3 Å². The first kappa shape index (κ1) is 19.0. The number of rotatable bonds is 6. The second-order valence-electron chi connectivity index (χ2n) is 7.33. The van der Waals surface area contributed by atoms with Gasteiger partial charge in [0, 0.05) is 30.8 Å². The van der Waals surface area contributed by atoms with E-state index in [9.17, 15) is 5.11 Å². The first-order valence-electron chi connectivity index (χ1n) is 9.73. The highest BCUT2D eigenvalue weighted by molar-refractivity contribution is 5.48. The van der Waals surface area contributed by atoms with Crippen LogP contribution in [-0.2, 0) is 5.60 Å². The van der Waals surface area contributed by atoms with Gasteiger partial charge in [-0.3, -0.25) is 0 Å². The molecule has 0 fully saturated rings. The molecule has 1 heterocycles. The summed E-state index contributed by atoms with van der Waals surface area (Å²) >= 11 is 0. The van der Waals surface area contributed by atoms with Crippen LogP contribution in [0.15, 0.2) is 97.3 Å². The van der Waals surface area contributed by atoms with E-state index in [0.717, 1.165) is 22.5 Å². The molecule has 4 rings (SSSR count). The zero-order valence-corrected chi connectivity index (χ0v) is 16.7. The fourth-order valence-corrected chi connectivity index (χ4v) is 3.76. The van der Waals surface area contributed by atoms with Crippen molar-refractivity contribution in [3.63, 3.8) is 0 Å². The standard InChI is InChI=1S/C25H25N3O/c1-20-11-9-10-16-23(20)28-18-17-26-24(28)25(29,21-12-5-3-6-13-21)19-27(2)22-14-7-4-8-15-22/h3-18,29H,19H2,1-2H3. The Morgan fingerprint density at radius 3 is 2.21 bits per heavy atom. The van der Waals surface area contributed by atoms with E-state index in [-0.39, 0.29) is 0 Å². The molecule has 4 heteroatoms. The maximum absolute atomic E-state index is 12.1. The molecule has 0 radical (unpaired) electrons. The predicted octanol–water partition coefficient (Wildman–Crippen LogP) is 4.55. The normalized spacial score (nSPS) is 13.1. The lowest BCUT2D eigenvalue weighted by Crippen LogP contribution is -2.42. The molecule has 0 aliphatic heterocycles. The van der Waals surface area contributed by atoms with E-state index < -0.39 is 5.60 Å². The number of para-hydroxylation sites is 2. The van der Waals surface area contributed by atoms with Crippen molar-refractivity contribution in [2.75, 3.05) is 18.5 Å². The molecule has 1 aromatic heterocycles. The first-order valence-corrected chi connectivity index (χ1v) is 9.73. The molecule has 1 N–H and O–H groups in total. The molecule has 0 bridgehead atoms. The van der Waals surface area contributed by atoms with Crippen molar-refractivity contribution in [1.82, 2.24) is 9.55 Å². The molecule has 4 nitrogen and oxygen atoms in total. The number of aliphatic hydroxyl groups is 1. The summed E-state index contributed by atoms with van der Waals surface area (Å²) in [5.41, 5.74) is 2.69. The van der Waals surface area contributed by atoms with Crippen molar-refractivity contribution in [2.24, 2.45) is 0 Å². The van der Waals surface area contributed by atoms with Crippen LogP contribution >= 0.6 is 0 Å². The molecule has 29 heavy (non-hydrogen) atoms. The molecule has 0 spiro atoms. The SMILES string of the molecule is Cc1ccccc1-n1ccnc1C(O)(CN(C)c1ccccc1)c1ccccc1. The molecule has 146 valence electrons. The maximum atomic E-state index is 12.1. The highest BCUT2D eigenvalue weighted by Crippen LogP contribution is 2.32. The number of likely N-dealkylation sites (N-methyl/N-ethyl adjacent to an activating group) is 1. The van der Waals surface area contributed by atoms with Crippen molar-refractivity contribution in [1.29, 1.82) is 0 Å². The minimum absolute atomic E-state index is 0.365. The molecule has 0 aliphatic rings. The van der Waals surface area contributed by atoms with Crippen molar-refractivity contribution >= 4 is 5.69 Å². The highest BCUT2D eigenvalue weighted by atomic mass is 16.3. The molecule has 4 aromatic rings. The van der Waals surface area contributed by atoms with Crippen LogP contribution in [0.1, 0.15) is 17.0 Å². The van der Waals surface area contributed by atoms with Crippen molar-refractivity contribution in [3.8, 4) is 5.69 Å². The van der Waals surface area contributed by atoms with Crippen LogP contribution in [0.5, 0.6) is 0 Å². The van der Waals surface area contributed by atoms with Gasteiger partial charge in [-0.15, -0.1) is 0 Å². The first-order chi connectivity index (χ1) is 14.1. The maximum Gasteiger partial charge on any atom is 0.165 e. The molecule has 1 unspecified atom stereocenters. The van der Waals surface area contributed by atoms with Crippen LogP contribution in [0.2, 0.25) is 0 Å². The zero-order valence-electron chi connectivity index (χ0n) is 16.7. The molecule has 0 amide bonds. The molecule has 0 saturated carbocycles. The second-order valence-corrected chi connectivity index (χ2v) is 7.33. The van der Waals surface area contributed by atoms with Crippen LogP contribution in [-0.4, -0.2) is 28.3 Å². The summed E-state index contributed by atoms with van der Waals surface area (Å²) in [5.74, 6) is 0.598. The lowest BCUT2D eigenvalue weighted by molar-refractivity contribution is 0.0777. The number of aryl methyl sites for hydroxylation is 1. The Morgan fingerprint density at radius 1 is 0.897 bits per heavy atom. The summed E-state index contributed by atoms with van der Waals surface area (Å²) in [7, 11) is 1.99. The van der Waals surface area contributed by atoms with Crippen molar-refractivity contribution in [2.45, 2.75) is 12.5 Å². The van der Waals surface area contributed by atoms with E-state index in [2.05, 4.69) is 22.9 Å². The Balaban J connectivity index is 1.83. The summed E-state index contributed by atoms with van der Waals surface area (Å²) in [5, 5.41) is 12.1. The molecule has 1 atom stereocenters. The Morgan fingerprint density at radius 2 is 1.52 bits per heavy atom. The van der Waals surface area contributed by atoms with Gasteiger partial charge in [0.15, 0.2) is 11.4 Å². The zero-order chi connectivity index (χ0) is 20.3. The van der Waals surface area contributed by atoms with Gasteiger partial charge in [0.05, 0.1) is 6.54 Å². The van der Waals surface area contributed by atoms with E-state index in [1.54, 1.807) is 6.20 Å². The molecular weight excluding hydrogens is 358 g/mol. The number of hydrogen-bond donors (Lipinski definition) is 1. The molecular formula is C25H25N3O. The lowest BCUT2D eigenvalue weighted by Gasteiger charge is -2.34. The van der Waals surface area contributed by atoms with Gasteiger partial charge in [0.2, 0.25) is 0 Å². The van der Waals surface area contributed by atoms with Gasteiger partial charge < -0.3 is 14.6 Å². The number of hydrogen-bond acceptors (Lipinski definition) is 3. The monoisotopic (exact) mass is 383 g/mol. The highest BCUT2D eigenvalue weighted by Gasteiger charge is 2.37. The summed E-state index contributed by atoms with van der Waals surface area (Å²) in [6, 6.07) is 28.0. The van der Waals surface area contributed by atoms with Gasteiger partial charge in [-0.2, -0.15) is 0 Å². The van der Waals surface area contributed by atoms with Crippen LogP contribution < -0.4 is 4.90 Å². The second kappa shape index (κ2) is 7.94. The summed E-state index contributed by atoms with van der Waals surface area (Å²) in [4.78, 5) is 6.67. The van der Waals surface area contributed by atoms with Crippen LogP contribution in [0.25, 0.3) is 5.69 Å². The summed E-state index contributed by atoms with van der Waals surface area (Å²) in [6.45, 7) is 2.43. The minimum Gasteiger partial charge on any atom is -0.375 e. The van der Waals surface area contributed by atoms with E-state index in [1.165, 1.54) is 0 Å². The smallest absolute Gasteiger partial charge is 0.165 e. The van der Waals surface area contributed by atoms with Crippen molar-refractivity contribution in [3.05, 3.63) is 114 Å². The quantitative estimate of drug-likeness (QED) is 0.531. The minimum atomic E-state index is -1.29. The molecule has 0 saturated heterocycles. The Kier molecular flexibility index (Phi) is 5.19. The predicted molar refractivity (Wildman–Crippen MR) is 117 cm³/mol. The van der Waals surface area contributed by atoms with Crippen molar-refractivity contribution < 1.29 is 5.11 Å². The average Bonchev–Trinajstić information content (AvgIpc) is 3.25. The Bertz CT molecular complexity index is 1080. The summed E-state index contributed by atoms with van der Waals surface area (Å²) in [6.07, 6.45) is 3.66. The van der Waals surface area contributed by atoms with Gasteiger partial charge in [-0.05, 0) is 36.2 Å². The van der Waals surface area contributed by atoms with E-state index >= 15 is 0 Å². The van der Waals surface area contributed by atoms with E-state index in [4.69, 9.17) is 0 Å². The van der Waals surface area contributed by atoms with Crippen LogP contribution in [0.4, 0.5) is 5.69 Å². The van der Waals surface area contributed by atoms with Gasteiger partial charge >= 0.3 is 0 Å². The largest absolute Gasteiger partial charge is 0.375 e. The third-order valence-corrected chi connectivity index (χ3v) is 5.30. The third-order valence-electron chi connectivity index (χ3n) is 5.30. The van der Waals surface area contributed by atoms with Gasteiger partial charge in [0.1, 0.15) is 0 Å². The van der Waals surface area contributed by atoms with Crippen LogP contribution in [0, 0.1) is 6.92 Å². The number of nitrogens with zero attached hydrogens (tertiary/aromatic N) is 3. The number of aromatic nitrogens is 2. The van der Waals surface area contributed by atoms with Gasteiger partial charge in [-0.25, -0.2) is 4.98 Å². The average molecular weight is 383 g/mol. The fourth-order valence-electron chi connectivity index (χ4n) is 3.76. The molecule has 3 aromatic carbocycles. The lowest BCUT2D eigenvalue weighted by atomic mass is 9.91. The molecule has 0 aliphatic carbocycles. The third kappa shape index (κ3) is 3.67. The van der Waals surface area contributed by atoms with E-state index in [1.807, 2.05) is 96.7 Å². The van der Waals surface area contributed by atoms with E-state index in [0.29, 0.717) is 12.4 Å².